The van der Waals surface area contributed by atoms with Gasteiger partial charge in [-0.05, 0) is 31.7 Å². The molecule has 6 amide bonds. The van der Waals surface area contributed by atoms with Crippen LogP contribution in [-0.4, -0.2) is 123 Å². The van der Waals surface area contributed by atoms with Gasteiger partial charge in [-0.2, -0.15) is 0 Å². The maximum absolute atomic E-state index is 13.2. The molecule has 0 aliphatic heterocycles. The molecular formula is C28H46N8O14. The summed E-state index contributed by atoms with van der Waals surface area (Å²) in [6, 6.07) is -10.1. The fraction of sp³-hybridized carbons (Fsp3) is 0.643. The number of carboxylic acids is 4. The van der Waals surface area contributed by atoms with Crippen molar-refractivity contribution in [3.8, 4) is 0 Å². The first-order valence-electron chi connectivity index (χ1n) is 15.3. The van der Waals surface area contributed by atoms with Gasteiger partial charge in [-0.1, -0.05) is 20.3 Å². The molecule has 15 N–H and O–H groups in total. The van der Waals surface area contributed by atoms with Crippen LogP contribution in [0.5, 0.6) is 0 Å². The first-order valence-corrected chi connectivity index (χ1v) is 15.3. The Balaban J connectivity index is 6.13. The van der Waals surface area contributed by atoms with E-state index >= 15 is 0 Å². The third-order valence-electron chi connectivity index (χ3n) is 6.88. The van der Waals surface area contributed by atoms with Crippen LogP contribution in [-0.2, 0) is 47.9 Å². The summed E-state index contributed by atoms with van der Waals surface area (Å²) in [5.74, 6) is -14.0. The second kappa shape index (κ2) is 22.3. The average Bonchev–Trinajstić information content (AvgIpc) is 2.99. The molecular weight excluding hydrogens is 672 g/mol. The van der Waals surface area contributed by atoms with E-state index in [-0.39, 0.29) is 6.42 Å². The van der Waals surface area contributed by atoms with E-state index in [2.05, 4.69) is 10.6 Å². The third kappa shape index (κ3) is 17.7. The highest BCUT2D eigenvalue weighted by Crippen LogP contribution is 2.08. The van der Waals surface area contributed by atoms with Gasteiger partial charge in [0, 0.05) is 6.42 Å². The molecule has 0 heterocycles. The highest BCUT2D eigenvalue weighted by atomic mass is 16.4. The zero-order valence-corrected chi connectivity index (χ0v) is 27.5. The molecule has 0 aromatic carbocycles. The minimum Gasteiger partial charge on any atom is -0.481 e. The monoisotopic (exact) mass is 718 g/mol. The Hall–Kier alpha value is -5.38. The van der Waals surface area contributed by atoms with Crippen molar-refractivity contribution < 1.29 is 68.4 Å². The Bertz CT molecular complexity index is 1280. The van der Waals surface area contributed by atoms with E-state index in [1.807, 2.05) is 16.0 Å². The van der Waals surface area contributed by atoms with Crippen LogP contribution < -0.4 is 43.8 Å². The second-order valence-corrected chi connectivity index (χ2v) is 11.5. The van der Waals surface area contributed by atoms with Crippen molar-refractivity contribution in [1.82, 2.24) is 26.6 Å². The summed E-state index contributed by atoms with van der Waals surface area (Å²) in [6.07, 6.45) is -3.06. The Kier molecular flexibility index (Phi) is 19.9. The van der Waals surface area contributed by atoms with E-state index in [0.29, 0.717) is 19.4 Å². The Morgan fingerprint density at radius 3 is 1.40 bits per heavy atom. The smallest absolute Gasteiger partial charge is 0.326 e. The number of carbonyl (C=O) groups excluding carboxylic acids is 6. The van der Waals surface area contributed by atoms with Crippen molar-refractivity contribution in [3.63, 3.8) is 0 Å². The third-order valence-corrected chi connectivity index (χ3v) is 6.88. The first kappa shape index (κ1) is 44.6. The van der Waals surface area contributed by atoms with Crippen LogP contribution in [0.15, 0.2) is 0 Å². The van der Waals surface area contributed by atoms with Crippen molar-refractivity contribution in [2.45, 2.75) is 101 Å². The maximum atomic E-state index is 13.2. The normalized spacial score (nSPS) is 14.4. The van der Waals surface area contributed by atoms with Crippen LogP contribution in [0.3, 0.4) is 0 Å². The molecule has 50 heavy (non-hydrogen) atoms. The lowest BCUT2D eigenvalue weighted by Crippen LogP contribution is -2.60. The topological polar surface area (TPSA) is 390 Å². The van der Waals surface area contributed by atoms with Gasteiger partial charge in [0.1, 0.15) is 30.2 Å². The fourth-order valence-electron chi connectivity index (χ4n) is 4.21. The van der Waals surface area contributed by atoms with Gasteiger partial charge in [-0.3, -0.25) is 43.2 Å². The molecule has 0 unspecified atom stereocenters. The molecule has 0 aromatic rings. The van der Waals surface area contributed by atoms with Crippen LogP contribution in [0.2, 0.25) is 0 Å². The van der Waals surface area contributed by atoms with Crippen LogP contribution in [0.1, 0.15) is 65.2 Å². The number of aliphatic carboxylic acids is 4. The van der Waals surface area contributed by atoms with E-state index in [1.54, 1.807) is 0 Å². The minimum atomic E-state index is -2.04. The number of carboxylic acid groups (broad SMARTS) is 4. The van der Waals surface area contributed by atoms with Gasteiger partial charge in [-0.15, -0.1) is 0 Å². The molecule has 0 aliphatic rings. The molecule has 0 saturated heterocycles. The highest BCUT2D eigenvalue weighted by Gasteiger charge is 2.35. The van der Waals surface area contributed by atoms with Gasteiger partial charge in [0.05, 0.1) is 25.3 Å². The SMILES string of the molecule is CC(C)[C@H](NC(=O)[C@@H](N)CCCCN)C(=O)N[C@@H](CC(=O)O)C(=O)N[C@@H](CC(=O)O)C(=O)N[C@@H](CCC(N)=O)C(=O)N[C@@H](CC(=O)O)C(=O)O. The summed E-state index contributed by atoms with van der Waals surface area (Å²) in [6.45, 7) is 3.45. The van der Waals surface area contributed by atoms with Crippen molar-refractivity contribution in [1.29, 1.82) is 0 Å². The highest BCUT2D eigenvalue weighted by molar-refractivity contribution is 5.98. The molecule has 6 atom stereocenters. The first-order chi connectivity index (χ1) is 23.2. The number of hydrogen-bond acceptors (Lipinski definition) is 12. The lowest BCUT2D eigenvalue weighted by molar-refractivity contribution is -0.147. The largest absolute Gasteiger partial charge is 0.481 e. The Morgan fingerprint density at radius 2 is 0.980 bits per heavy atom. The number of nitrogens with one attached hydrogen (secondary N) is 5. The van der Waals surface area contributed by atoms with Gasteiger partial charge in [0.25, 0.3) is 0 Å². The molecule has 22 heteroatoms. The number of rotatable bonds is 25. The van der Waals surface area contributed by atoms with Crippen LogP contribution >= 0.6 is 0 Å². The second-order valence-electron chi connectivity index (χ2n) is 11.5. The summed E-state index contributed by atoms with van der Waals surface area (Å²) in [7, 11) is 0. The molecule has 0 bridgehead atoms. The number of primary amides is 1. The molecule has 0 fully saturated rings. The van der Waals surface area contributed by atoms with Crippen LogP contribution in [0.4, 0.5) is 0 Å². The zero-order valence-electron chi connectivity index (χ0n) is 27.5. The van der Waals surface area contributed by atoms with Crippen molar-refractivity contribution in [3.05, 3.63) is 0 Å². The van der Waals surface area contributed by atoms with Gasteiger partial charge < -0.3 is 64.2 Å². The number of unbranched alkanes of at least 4 members (excludes halogenated alkanes) is 1. The van der Waals surface area contributed by atoms with Crippen LogP contribution in [0, 0.1) is 5.92 Å². The number of amides is 6. The Labute approximate surface area is 285 Å². The summed E-state index contributed by atoms with van der Waals surface area (Å²) in [5.41, 5.74) is 16.4. The van der Waals surface area contributed by atoms with Crippen LogP contribution in [0.25, 0.3) is 0 Å². The standard InChI is InChI=1S/C28H46N8O14/c1-12(2)22(36-23(44)13(30)5-3-4-8-29)27(48)34-16(10-20(40)41)26(47)33-15(9-19(38)39)25(46)32-14(6-7-18(31)37)24(45)35-17(28(49)50)11-21(42)43/h12-17,22H,3-11,29-30H2,1-2H3,(H2,31,37)(H,32,46)(H,33,47)(H,34,48)(H,35,45)(H,36,44)(H,38,39)(H,40,41)(H,42,43)(H,49,50)/t13-,14-,15-,16-,17-,22-/m0/s1. The van der Waals surface area contributed by atoms with E-state index in [1.165, 1.54) is 13.8 Å². The van der Waals surface area contributed by atoms with Gasteiger partial charge in [0.2, 0.25) is 35.4 Å². The van der Waals surface area contributed by atoms with Gasteiger partial charge >= 0.3 is 23.9 Å². The molecule has 282 valence electrons. The molecule has 0 rings (SSSR count). The predicted octanol–water partition coefficient (Wildman–Crippen LogP) is -4.70. The molecule has 0 saturated carbocycles. The minimum absolute atomic E-state index is 0.250. The van der Waals surface area contributed by atoms with E-state index in [9.17, 15) is 63.3 Å². The lowest BCUT2D eigenvalue weighted by Gasteiger charge is -2.27. The lowest BCUT2D eigenvalue weighted by atomic mass is 10.0. The molecule has 0 radical (unpaired) electrons. The molecule has 0 aromatic heterocycles. The van der Waals surface area contributed by atoms with E-state index in [4.69, 9.17) is 22.3 Å². The number of carbonyl (C=O) groups is 10. The molecule has 0 spiro atoms. The number of hydrogen-bond donors (Lipinski definition) is 12. The van der Waals surface area contributed by atoms with E-state index in [0.717, 1.165) is 0 Å². The summed E-state index contributed by atoms with van der Waals surface area (Å²) in [5, 5.41) is 47.4. The van der Waals surface area contributed by atoms with E-state index < -0.39 is 134 Å². The zero-order chi connectivity index (χ0) is 38.7. The predicted molar refractivity (Wildman–Crippen MR) is 168 cm³/mol. The fourth-order valence-corrected chi connectivity index (χ4v) is 4.21. The van der Waals surface area contributed by atoms with Crippen molar-refractivity contribution >= 4 is 59.3 Å². The average molecular weight is 719 g/mol. The summed E-state index contributed by atoms with van der Waals surface area (Å²) >= 11 is 0. The Morgan fingerprint density at radius 1 is 0.560 bits per heavy atom. The quantitative estimate of drug-likeness (QED) is 0.0394. The number of nitrogens with two attached hydrogens (primary N) is 3. The van der Waals surface area contributed by atoms with Gasteiger partial charge in [0.15, 0.2) is 0 Å². The van der Waals surface area contributed by atoms with Crippen molar-refractivity contribution in [2.24, 2.45) is 23.1 Å². The maximum Gasteiger partial charge on any atom is 0.326 e. The molecule has 0 aliphatic carbocycles. The molecule has 22 nitrogen and oxygen atoms in total. The van der Waals surface area contributed by atoms with Crippen molar-refractivity contribution in [2.75, 3.05) is 6.54 Å². The summed E-state index contributed by atoms with van der Waals surface area (Å²) in [4.78, 5) is 122. The van der Waals surface area contributed by atoms with Gasteiger partial charge in [-0.25, -0.2) is 4.79 Å². The summed E-state index contributed by atoms with van der Waals surface area (Å²) < 4.78 is 0.